The van der Waals surface area contributed by atoms with Gasteiger partial charge in [-0.25, -0.2) is 0 Å². The molecule has 4 heteroatoms. The maximum atomic E-state index is 6.07. The number of morpholine rings is 1. The zero-order chi connectivity index (χ0) is 11.8. The zero-order valence-electron chi connectivity index (χ0n) is 9.86. The molecule has 1 aromatic carbocycles. The molecule has 1 aromatic rings. The molecule has 0 radical (unpaired) electrons. The minimum absolute atomic E-state index is 0.0879. The van der Waals surface area contributed by atoms with Crippen LogP contribution in [0.3, 0.4) is 0 Å². The second-order valence-electron chi connectivity index (χ2n) is 4.66. The molecule has 92 valence electrons. The number of hydrogen-bond acceptors (Lipinski definition) is 3. The van der Waals surface area contributed by atoms with Crippen molar-refractivity contribution in [2.24, 2.45) is 0 Å². The van der Waals surface area contributed by atoms with Crippen LogP contribution in [0.1, 0.15) is 18.1 Å². The minimum Gasteiger partial charge on any atom is -0.493 e. The average Bonchev–Trinajstić information content (AvgIpc) is 2.50. The van der Waals surface area contributed by atoms with Crippen LogP contribution < -0.4 is 4.74 Å². The van der Waals surface area contributed by atoms with E-state index in [4.69, 9.17) is 21.1 Å². The maximum absolute atomic E-state index is 6.07. The Hall–Kier alpha value is -0.770. The molecule has 2 heterocycles. The molecule has 2 aliphatic rings. The van der Waals surface area contributed by atoms with Gasteiger partial charge in [0.1, 0.15) is 11.9 Å². The smallest absolute Gasteiger partial charge is 0.125 e. The lowest BCUT2D eigenvalue weighted by Crippen LogP contribution is -2.44. The summed E-state index contributed by atoms with van der Waals surface area (Å²) in [5.74, 6) is 0.914. The van der Waals surface area contributed by atoms with E-state index in [2.05, 4.69) is 11.9 Å². The molecular weight excluding hydrogens is 238 g/mol. The van der Waals surface area contributed by atoms with Gasteiger partial charge in [-0.15, -0.1) is 0 Å². The summed E-state index contributed by atoms with van der Waals surface area (Å²) in [4.78, 5) is 2.35. The third-order valence-corrected chi connectivity index (χ3v) is 3.84. The minimum atomic E-state index is 0.0879. The molecule has 1 fully saturated rings. The Morgan fingerprint density at radius 1 is 1.35 bits per heavy atom. The second-order valence-corrected chi connectivity index (χ2v) is 5.10. The van der Waals surface area contributed by atoms with Crippen LogP contribution in [-0.2, 0) is 4.74 Å². The summed E-state index contributed by atoms with van der Waals surface area (Å²) < 4.78 is 11.7. The van der Waals surface area contributed by atoms with E-state index in [1.165, 1.54) is 0 Å². The van der Waals surface area contributed by atoms with E-state index in [0.717, 1.165) is 42.5 Å². The molecule has 0 amide bonds. The van der Waals surface area contributed by atoms with Gasteiger partial charge in [0.05, 0.1) is 13.2 Å². The summed E-state index contributed by atoms with van der Waals surface area (Å²) in [6.07, 6.45) is 1.08. The zero-order valence-corrected chi connectivity index (χ0v) is 10.6. The molecule has 0 N–H and O–H groups in total. The van der Waals surface area contributed by atoms with Gasteiger partial charge >= 0.3 is 0 Å². The van der Waals surface area contributed by atoms with E-state index in [1.807, 2.05) is 18.2 Å². The fraction of sp³-hybridized carbons (Fsp3) is 0.538. The van der Waals surface area contributed by atoms with Crippen molar-refractivity contribution in [1.82, 2.24) is 4.90 Å². The highest BCUT2D eigenvalue weighted by atomic mass is 35.5. The van der Waals surface area contributed by atoms with Crippen LogP contribution in [0.4, 0.5) is 0 Å². The largest absolute Gasteiger partial charge is 0.493 e. The lowest BCUT2D eigenvalue weighted by molar-refractivity contribution is -0.0644. The SMILES string of the molecule is CN1CCO[C@H]2c3cc(Cl)ccc3OCC[C@@H]21. The van der Waals surface area contributed by atoms with E-state index in [0.29, 0.717) is 6.04 Å². The molecule has 3 nitrogen and oxygen atoms in total. The van der Waals surface area contributed by atoms with E-state index < -0.39 is 0 Å². The maximum Gasteiger partial charge on any atom is 0.125 e. The van der Waals surface area contributed by atoms with E-state index in [-0.39, 0.29) is 6.10 Å². The monoisotopic (exact) mass is 253 g/mol. The van der Waals surface area contributed by atoms with Crippen LogP contribution in [0.2, 0.25) is 5.02 Å². The highest BCUT2D eigenvalue weighted by molar-refractivity contribution is 6.30. The van der Waals surface area contributed by atoms with E-state index in [9.17, 15) is 0 Å². The average molecular weight is 254 g/mol. The molecule has 0 aliphatic carbocycles. The number of hydrogen-bond donors (Lipinski definition) is 0. The molecule has 0 spiro atoms. The van der Waals surface area contributed by atoms with Gasteiger partial charge in [-0.2, -0.15) is 0 Å². The first-order valence-electron chi connectivity index (χ1n) is 6.00. The summed E-state index contributed by atoms with van der Waals surface area (Å²) >= 11 is 6.07. The van der Waals surface area contributed by atoms with Gasteiger partial charge in [-0.3, -0.25) is 4.90 Å². The highest BCUT2D eigenvalue weighted by Gasteiger charge is 2.35. The van der Waals surface area contributed by atoms with Gasteiger partial charge < -0.3 is 9.47 Å². The van der Waals surface area contributed by atoms with Crippen LogP contribution in [-0.4, -0.2) is 37.7 Å². The number of benzene rings is 1. The molecular formula is C13H16ClNO2. The second kappa shape index (κ2) is 4.48. The summed E-state index contributed by atoms with van der Waals surface area (Å²) in [5.41, 5.74) is 1.09. The Morgan fingerprint density at radius 3 is 3.12 bits per heavy atom. The number of rotatable bonds is 0. The predicted octanol–water partition coefficient (Wildman–Crippen LogP) is 2.49. The molecule has 3 rings (SSSR count). The van der Waals surface area contributed by atoms with Crippen LogP contribution in [0.5, 0.6) is 5.75 Å². The summed E-state index contributed by atoms with van der Waals surface area (Å²) in [6.45, 7) is 2.49. The normalized spacial score (nSPS) is 28.8. The van der Waals surface area contributed by atoms with Gasteiger partial charge in [0.25, 0.3) is 0 Å². The number of nitrogens with zero attached hydrogens (tertiary/aromatic N) is 1. The van der Waals surface area contributed by atoms with Crippen molar-refractivity contribution in [3.63, 3.8) is 0 Å². The van der Waals surface area contributed by atoms with Crippen LogP contribution in [0.25, 0.3) is 0 Å². The summed E-state index contributed by atoms with van der Waals surface area (Å²) in [6, 6.07) is 6.17. The van der Waals surface area contributed by atoms with Gasteiger partial charge in [-0.1, -0.05) is 11.6 Å². The number of ether oxygens (including phenoxy) is 2. The summed E-state index contributed by atoms with van der Waals surface area (Å²) in [7, 11) is 2.15. The first-order valence-corrected chi connectivity index (χ1v) is 6.37. The number of fused-ring (bicyclic) bond motifs is 3. The van der Waals surface area contributed by atoms with E-state index >= 15 is 0 Å². The standard InChI is InChI=1S/C13H16ClNO2/c1-15-5-7-17-13-10-8-9(14)2-3-12(10)16-6-4-11(13)15/h2-3,8,11,13H,4-7H2,1H3/t11-,13-/m0/s1. The topological polar surface area (TPSA) is 21.7 Å². The summed E-state index contributed by atoms with van der Waals surface area (Å²) in [5, 5.41) is 0.741. The number of likely N-dealkylation sites (N-methyl/N-ethyl adjacent to an activating group) is 1. The number of halogens is 1. The van der Waals surface area contributed by atoms with Gasteiger partial charge in [-0.05, 0) is 31.7 Å². The molecule has 1 saturated heterocycles. The van der Waals surface area contributed by atoms with Crippen LogP contribution >= 0.6 is 11.6 Å². The van der Waals surface area contributed by atoms with Crippen molar-refractivity contribution in [1.29, 1.82) is 0 Å². The fourth-order valence-corrected chi connectivity index (χ4v) is 2.84. The third kappa shape index (κ3) is 2.03. The van der Waals surface area contributed by atoms with Gasteiger partial charge in [0.15, 0.2) is 0 Å². The van der Waals surface area contributed by atoms with Crippen molar-refractivity contribution in [3.05, 3.63) is 28.8 Å². The highest BCUT2D eigenvalue weighted by Crippen LogP contribution is 2.38. The van der Waals surface area contributed by atoms with Crippen LogP contribution in [0, 0.1) is 0 Å². The van der Waals surface area contributed by atoms with Gasteiger partial charge in [0.2, 0.25) is 0 Å². The predicted molar refractivity (Wildman–Crippen MR) is 66.7 cm³/mol. The Bertz CT molecular complexity index is 424. The Morgan fingerprint density at radius 2 is 2.24 bits per heavy atom. The lowest BCUT2D eigenvalue weighted by atomic mass is 9.97. The first-order chi connectivity index (χ1) is 8.25. The van der Waals surface area contributed by atoms with Crippen molar-refractivity contribution >= 4 is 11.6 Å². The Balaban J connectivity index is 2.02. The van der Waals surface area contributed by atoms with Crippen molar-refractivity contribution in [2.75, 3.05) is 26.8 Å². The van der Waals surface area contributed by atoms with Crippen molar-refractivity contribution in [2.45, 2.75) is 18.6 Å². The van der Waals surface area contributed by atoms with Crippen molar-refractivity contribution < 1.29 is 9.47 Å². The quantitative estimate of drug-likeness (QED) is 0.709. The molecule has 0 unspecified atom stereocenters. The van der Waals surface area contributed by atoms with E-state index in [1.54, 1.807) is 0 Å². The Kier molecular flexibility index (Phi) is 2.99. The molecule has 0 saturated carbocycles. The third-order valence-electron chi connectivity index (χ3n) is 3.61. The lowest BCUT2D eigenvalue weighted by Gasteiger charge is -2.38. The molecule has 17 heavy (non-hydrogen) atoms. The first kappa shape index (κ1) is 11.3. The molecule has 0 aromatic heterocycles. The molecule has 0 bridgehead atoms. The molecule has 2 atom stereocenters. The molecule has 2 aliphatic heterocycles. The fourth-order valence-electron chi connectivity index (χ4n) is 2.66. The van der Waals surface area contributed by atoms with Crippen molar-refractivity contribution in [3.8, 4) is 5.75 Å². The van der Waals surface area contributed by atoms with Gasteiger partial charge in [0, 0.05) is 23.2 Å². The van der Waals surface area contributed by atoms with Crippen LogP contribution in [0.15, 0.2) is 18.2 Å². The Labute approximate surface area is 106 Å².